The number of hydrogen-bond acceptors (Lipinski definition) is 5. The molecule has 0 saturated carbocycles. The lowest BCUT2D eigenvalue weighted by Gasteiger charge is -2.24. The fourth-order valence-corrected chi connectivity index (χ4v) is 2.79. The zero-order chi connectivity index (χ0) is 20.8. The molecule has 3 rings (SSSR count). The average Bonchev–Trinajstić information content (AvgIpc) is 3.23. The van der Waals surface area contributed by atoms with Gasteiger partial charge in [0, 0.05) is 11.7 Å². The summed E-state index contributed by atoms with van der Waals surface area (Å²) in [6.45, 7) is -0.703. The zero-order valence-corrected chi connectivity index (χ0v) is 16.0. The van der Waals surface area contributed by atoms with Crippen LogP contribution in [0.5, 0.6) is 5.75 Å². The van der Waals surface area contributed by atoms with E-state index in [2.05, 4.69) is 20.1 Å². The lowest BCUT2D eigenvalue weighted by Crippen LogP contribution is -2.32. The molecule has 1 amide bonds. The van der Waals surface area contributed by atoms with E-state index < -0.39 is 6.61 Å². The molecule has 0 aliphatic rings. The first-order valence-corrected chi connectivity index (χ1v) is 8.92. The van der Waals surface area contributed by atoms with Crippen LogP contribution in [0.15, 0.2) is 61.2 Å². The number of hydrogen-bond donors (Lipinski definition) is 1. The summed E-state index contributed by atoms with van der Waals surface area (Å²) in [7, 11) is 1.86. The highest BCUT2D eigenvalue weighted by Gasteiger charge is 2.15. The van der Waals surface area contributed by atoms with E-state index in [-0.39, 0.29) is 24.2 Å². The van der Waals surface area contributed by atoms with Gasteiger partial charge in [-0.15, -0.1) is 0 Å². The lowest BCUT2D eigenvalue weighted by atomic mass is 10.1. The molecular formula is C20H21F2N5O2. The van der Waals surface area contributed by atoms with Crippen molar-refractivity contribution in [2.75, 3.05) is 18.9 Å². The number of alkyl halides is 2. The van der Waals surface area contributed by atoms with Crippen LogP contribution >= 0.6 is 0 Å². The summed E-state index contributed by atoms with van der Waals surface area (Å²) in [5.41, 5.74) is 2.46. The van der Waals surface area contributed by atoms with E-state index >= 15 is 0 Å². The Morgan fingerprint density at radius 3 is 2.45 bits per heavy atom. The van der Waals surface area contributed by atoms with E-state index in [1.54, 1.807) is 11.0 Å². The fourth-order valence-electron chi connectivity index (χ4n) is 2.79. The van der Waals surface area contributed by atoms with Crippen LogP contribution in [0.1, 0.15) is 18.5 Å². The summed E-state index contributed by atoms with van der Waals surface area (Å²) in [4.78, 5) is 18.1. The molecule has 0 spiro atoms. The number of carbonyl (C=O) groups is 1. The molecule has 0 saturated heterocycles. The number of halogens is 2. The molecule has 0 aliphatic heterocycles. The van der Waals surface area contributed by atoms with Crippen LogP contribution in [0.4, 0.5) is 14.5 Å². The van der Waals surface area contributed by atoms with Crippen LogP contribution in [0.2, 0.25) is 0 Å². The Hall–Kier alpha value is -3.33. The summed E-state index contributed by atoms with van der Waals surface area (Å²) in [6, 6.07) is 13.6. The highest BCUT2D eigenvalue weighted by atomic mass is 19.3. The Bertz CT molecular complexity index is 915. The standard InChI is InChI=1S/C20H21F2N5O2/c1-14(15-3-7-17(8-4-15)27-13-23-12-24-27)26(2)11-19(28)25-16-5-9-18(10-6-16)29-20(21)22/h3-10,12-14,20H,11H2,1-2H3,(H,25,28)/t14-/m1/s1. The molecule has 9 heteroatoms. The quantitative estimate of drug-likeness (QED) is 0.626. The van der Waals surface area contributed by atoms with Crippen molar-refractivity contribution in [3.05, 3.63) is 66.7 Å². The van der Waals surface area contributed by atoms with Crippen molar-refractivity contribution in [1.82, 2.24) is 19.7 Å². The second kappa shape index (κ2) is 9.24. The third-order valence-electron chi connectivity index (χ3n) is 4.48. The molecule has 0 aliphatic carbocycles. The van der Waals surface area contributed by atoms with Crippen LogP contribution in [-0.2, 0) is 4.79 Å². The van der Waals surface area contributed by atoms with Gasteiger partial charge in [-0.05, 0) is 55.9 Å². The van der Waals surface area contributed by atoms with Crippen LogP contribution in [0, 0.1) is 0 Å². The predicted octanol–water partition coefficient (Wildman–Crippen LogP) is 3.50. The summed E-state index contributed by atoms with van der Waals surface area (Å²) in [5, 5.41) is 6.84. The van der Waals surface area contributed by atoms with Gasteiger partial charge in [-0.1, -0.05) is 12.1 Å². The summed E-state index contributed by atoms with van der Waals surface area (Å²) in [6.07, 6.45) is 3.10. The molecule has 1 N–H and O–H groups in total. The van der Waals surface area contributed by atoms with Gasteiger partial charge < -0.3 is 10.1 Å². The number of ether oxygens (including phenoxy) is 1. The SMILES string of the molecule is C[C@H](c1ccc(-n2cncn2)cc1)N(C)CC(=O)Nc1ccc(OC(F)F)cc1. The van der Waals surface area contributed by atoms with Gasteiger partial charge in [0.25, 0.3) is 0 Å². The van der Waals surface area contributed by atoms with E-state index in [1.807, 2.05) is 43.1 Å². The highest BCUT2D eigenvalue weighted by molar-refractivity contribution is 5.92. The maximum Gasteiger partial charge on any atom is 0.387 e. The second-order valence-electron chi connectivity index (χ2n) is 6.47. The minimum absolute atomic E-state index is 0.00682. The first-order valence-electron chi connectivity index (χ1n) is 8.92. The van der Waals surface area contributed by atoms with Gasteiger partial charge in [0.1, 0.15) is 18.4 Å². The summed E-state index contributed by atoms with van der Waals surface area (Å²) in [5.74, 6) is -0.167. The van der Waals surface area contributed by atoms with Gasteiger partial charge in [-0.3, -0.25) is 9.69 Å². The van der Waals surface area contributed by atoms with Gasteiger partial charge >= 0.3 is 6.61 Å². The largest absolute Gasteiger partial charge is 0.435 e. The molecule has 1 aromatic heterocycles. The van der Waals surface area contributed by atoms with Gasteiger partial charge in [-0.25, -0.2) is 9.67 Å². The molecule has 0 radical (unpaired) electrons. The second-order valence-corrected chi connectivity index (χ2v) is 6.47. The van der Waals surface area contributed by atoms with Crippen molar-refractivity contribution < 1.29 is 18.3 Å². The predicted molar refractivity (Wildman–Crippen MR) is 104 cm³/mol. The number of nitrogens with one attached hydrogen (secondary N) is 1. The Balaban J connectivity index is 1.54. The zero-order valence-electron chi connectivity index (χ0n) is 16.0. The third kappa shape index (κ3) is 5.58. The summed E-state index contributed by atoms with van der Waals surface area (Å²) >= 11 is 0. The number of nitrogens with zero attached hydrogens (tertiary/aromatic N) is 4. The van der Waals surface area contributed by atoms with E-state index in [0.29, 0.717) is 5.69 Å². The van der Waals surface area contributed by atoms with Gasteiger partial charge in [0.2, 0.25) is 5.91 Å². The van der Waals surface area contributed by atoms with Crippen molar-refractivity contribution in [1.29, 1.82) is 0 Å². The average molecular weight is 401 g/mol. The van der Waals surface area contributed by atoms with Crippen molar-refractivity contribution in [3.63, 3.8) is 0 Å². The fraction of sp³-hybridized carbons (Fsp3) is 0.250. The first-order chi connectivity index (χ1) is 13.9. The van der Waals surface area contributed by atoms with Gasteiger partial charge in [0.05, 0.1) is 12.2 Å². The summed E-state index contributed by atoms with van der Waals surface area (Å²) < 4.78 is 30.3. The highest BCUT2D eigenvalue weighted by Crippen LogP contribution is 2.21. The van der Waals surface area contributed by atoms with Crippen molar-refractivity contribution in [3.8, 4) is 11.4 Å². The number of rotatable bonds is 8. The number of amides is 1. The van der Waals surface area contributed by atoms with Crippen molar-refractivity contribution in [2.45, 2.75) is 19.6 Å². The van der Waals surface area contributed by atoms with E-state index in [0.717, 1.165) is 11.3 Å². The van der Waals surface area contributed by atoms with Crippen molar-refractivity contribution in [2.24, 2.45) is 0 Å². The van der Waals surface area contributed by atoms with Gasteiger partial charge in [-0.2, -0.15) is 13.9 Å². The van der Waals surface area contributed by atoms with E-state index in [9.17, 15) is 13.6 Å². The van der Waals surface area contributed by atoms with Crippen LogP contribution in [0.3, 0.4) is 0 Å². The smallest absolute Gasteiger partial charge is 0.387 e. The molecule has 29 heavy (non-hydrogen) atoms. The van der Waals surface area contributed by atoms with Crippen LogP contribution < -0.4 is 10.1 Å². The topological polar surface area (TPSA) is 72.3 Å². The van der Waals surface area contributed by atoms with Gasteiger partial charge in [0.15, 0.2) is 0 Å². The number of anilines is 1. The number of benzene rings is 2. The monoisotopic (exact) mass is 401 g/mol. The molecule has 0 bridgehead atoms. The molecular weight excluding hydrogens is 380 g/mol. The molecule has 1 atom stereocenters. The maximum atomic E-state index is 12.3. The van der Waals surface area contributed by atoms with Crippen molar-refractivity contribution >= 4 is 11.6 Å². The lowest BCUT2D eigenvalue weighted by molar-refractivity contribution is -0.117. The number of carbonyl (C=O) groups excluding carboxylic acids is 1. The maximum absolute atomic E-state index is 12.3. The molecule has 0 unspecified atom stereocenters. The Labute approximate surface area is 166 Å². The van der Waals surface area contributed by atoms with E-state index in [1.165, 1.54) is 30.6 Å². The Kier molecular flexibility index (Phi) is 6.50. The Morgan fingerprint density at radius 2 is 1.86 bits per heavy atom. The normalized spacial score (nSPS) is 12.2. The molecule has 3 aromatic rings. The minimum Gasteiger partial charge on any atom is -0.435 e. The third-order valence-corrected chi connectivity index (χ3v) is 4.48. The van der Waals surface area contributed by atoms with Crippen LogP contribution in [-0.4, -0.2) is 45.8 Å². The molecule has 2 aromatic carbocycles. The molecule has 7 nitrogen and oxygen atoms in total. The number of likely N-dealkylation sites (N-methyl/N-ethyl adjacent to an activating group) is 1. The molecule has 1 heterocycles. The molecule has 0 fully saturated rings. The number of aromatic nitrogens is 3. The first kappa shape index (κ1) is 20.4. The molecule has 152 valence electrons. The Morgan fingerprint density at radius 1 is 1.17 bits per heavy atom. The minimum atomic E-state index is -2.88. The van der Waals surface area contributed by atoms with Crippen LogP contribution in [0.25, 0.3) is 5.69 Å². The van der Waals surface area contributed by atoms with E-state index in [4.69, 9.17) is 0 Å².